The maximum absolute atomic E-state index is 12.6. The highest BCUT2D eigenvalue weighted by Gasteiger charge is 2.22. The predicted octanol–water partition coefficient (Wildman–Crippen LogP) is 4.11. The molecular formula is C20H25N3O2. The summed E-state index contributed by atoms with van der Waals surface area (Å²) in [5.41, 5.74) is 2.14. The lowest BCUT2D eigenvalue weighted by molar-refractivity contribution is 0.102. The van der Waals surface area contributed by atoms with E-state index in [1.165, 1.54) is 19.3 Å². The number of ether oxygens (including phenoxy) is 1. The van der Waals surface area contributed by atoms with Crippen LogP contribution in [0.4, 0.5) is 11.4 Å². The number of benzene rings is 1. The number of hydrogen-bond acceptors (Lipinski definition) is 4. The van der Waals surface area contributed by atoms with Crippen molar-refractivity contribution >= 4 is 17.3 Å². The molecule has 1 fully saturated rings. The van der Waals surface area contributed by atoms with Crippen molar-refractivity contribution in [3.05, 3.63) is 48.3 Å². The maximum Gasteiger partial charge on any atom is 0.274 e. The lowest BCUT2D eigenvalue weighted by Gasteiger charge is -2.37. The van der Waals surface area contributed by atoms with Gasteiger partial charge in [-0.3, -0.25) is 9.78 Å². The van der Waals surface area contributed by atoms with Crippen LogP contribution < -0.4 is 15.0 Å². The minimum Gasteiger partial charge on any atom is -0.495 e. The molecule has 1 aliphatic rings. The summed E-state index contributed by atoms with van der Waals surface area (Å²) in [5, 5.41) is 2.89. The third-order valence-corrected chi connectivity index (χ3v) is 4.76. The normalized spacial score (nSPS) is 17.2. The van der Waals surface area contributed by atoms with Gasteiger partial charge in [-0.1, -0.05) is 19.1 Å². The second-order valence-corrected chi connectivity index (χ2v) is 6.30. The minimum atomic E-state index is -0.226. The number of rotatable bonds is 5. The molecule has 1 aromatic heterocycles. The highest BCUT2D eigenvalue weighted by Crippen LogP contribution is 2.27. The average molecular weight is 339 g/mol. The van der Waals surface area contributed by atoms with Crippen molar-refractivity contribution in [2.24, 2.45) is 0 Å². The topological polar surface area (TPSA) is 54.5 Å². The molecule has 25 heavy (non-hydrogen) atoms. The Kier molecular flexibility index (Phi) is 5.53. The number of amides is 1. The van der Waals surface area contributed by atoms with Crippen molar-refractivity contribution in [2.45, 2.75) is 38.6 Å². The van der Waals surface area contributed by atoms with Gasteiger partial charge < -0.3 is 15.0 Å². The molecule has 5 nitrogen and oxygen atoms in total. The summed E-state index contributed by atoms with van der Waals surface area (Å²) in [4.78, 5) is 19.3. The van der Waals surface area contributed by atoms with E-state index in [-0.39, 0.29) is 5.91 Å². The highest BCUT2D eigenvalue weighted by molar-refractivity contribution is 6.04. The van der Waals surface area contributed by atoms with Gasteiger partial charge >= 0.3 is 0 Å². The third-order valence-electron chi connectivity index (χ3n) is 4.76. The Bertz CT molecular complexity index is 732. The summed E-state index contributed by atoms with van der Waals surface area (Å²) in [6.07, 6.45) is 6.52. The van der Waals surface area contributed by atoms with E-state index in [0.717, 1.165) is 18.7 Å². The molecule has 0 aliphatic carbocycles. The molecule has 5 heteroatoms. The Labute approximate surface area is 149 Å². The van der Waals surface area contributed by atoms with Crippen LogP contribution in [0.2, 0.25) is 0 Å². The van der Waals surface area contributed by atoms with Gasteiger partial charge in [-0.05, 0) is 49.9 Å². The molecule has 0 spiro atoms. The molecule has 0 radical (unpaired) electrons. The van der Waals surface area contributed by atoms with E-state index in [1.54, 1.807) is 13.3 Å². The van der Waals surface area contributed by atoms with Crippen LogP contribution in [0.25, 0.3) is 0 Å². The monoisotopic (exact) mass is 339 g/mol. The average Bonchev–Trinajstić information content (AvgIpc) is 2.68. The molecule has 132 valence electrons. The van der Waals surface area contributed by atoms with Crippen LogP contribution in [-0.4, -0.2) is 30.6 Å². The number of nitrogens with zero attached hydrogens (tertiary/aromatic N) is 2. The van der Waals surface area contributed by atoms with Crippen LogP contribution in [0, 0.1) is 0 Å². The second-order valence-electron chi connectivity index (χ2n) is 6.30. The zero-order valence-electron chi connectivity index (χ0n) is 14.9. The van der Waals surface area contributed by atoms with E-state index in [9.17, 15) is 4.79 Å². The molecule has 2 aromatic rings. The van der Waals surface area contributed by atoms with E-state index >= 15 is 0 Å². The Morgan fingerprint density at radius 1 is 1.32 bits per heavy atom. The Balaban J connectivity index is 1.80. The number of nitrogens with one attached hydrogen (secondary N) is 1. The van der Waals surface area contributed by atoms with Crippen LogP contribution in [0.3, 0.4) is 0 Å². The quantitative estimate of drug-likeness (QED) is 0.890. The summed E-state index contributed by atoms with van der Waals surface area (Å²) in [6, 6.07) is 11.8. The van der Waals surface area contributed by atoms with Gasteiger partial charge in [-0.25, -0.2) is 0 Å². The molecular weight excluding hydrogens is 314 g/mol. The van der Waals surface area contributed by atoms with Crippen LogP contribution in [0.1, 0.15) is 43.1 Å². The van der Waals surface area contributed by atoms with Crippen molar-refractivity contribution in [1.29, 1.82) is 0 Å². The van der Waals surface area contributed by atoms with E-state index in [0.29, 0.717) is 23.2 Å². The van der Waals surface area contributed by atoms with E-state index in [1.807, 2.05) is 36.4 Å². The fraction of sp³-hybridized carbons (Fsp3) is 0.400. The molecule has 1 aromatic carbocycles. The number of anilines is 2. The Morgan fingerprint density at radius 3 is 2.96 bits per heavy atom. The second kappa shape index (κ2) is 8.01. The first-order valence-electron chi connectivity index (χ1n) is 8.90. The summed E-state index contributed by atoms with van der Waals surface area (Å²) >= 11 is 0. The predicted molar refractivity (Wildman–Crippen MR) is 100 cm³/mol. The summed E-state index contributed by atoms with van der Waals surface area (Å²) in [6.45, 7) is 3.26. The van der Waals surface area contributed by atoms with Gasteiger partial charge in [0.25, 0.3) is 5.91 Å². The van der Waals surface area contributed by atoms with Gasteiger partial charge in [0.1, 0.15) is 11.4 Å². The van der Waals surface area contributed by atoms with Gasteiger partial charge in [0, 0.05) is 24.5 Å². The van der Waals surface area contributed by atoms with Gasteiger partial charge in [0.2, 0.25) is 0 Å². The molecule has 1 amide bonds. The number of pyridine rings is 1. The summed E-state index contributed by atoms with van der Waals surface area (Å²) in [7, 11) is 1.59. The first kappa shape index (κ1) is 17.3. The lowest BCUT2D eigenvalue weighted by Crippen LogP contribution is -2.39. The molecule has 1 unspecified atom stereocenters. The van der Waals surface area contributed by atoms with Crippen LogP contribution in [0.5, 0.6) is 5.75 Å². The van der Waals surface area contributed by atoms with E-state index in [2.05, 4.69) is 22.1 Å². The highest BCUT2D eigenvalue weighted by atomic mass is 16.5. The molecule has 1 atom stereocenters. The Hall–Kier alpha value is -2.56. The number of piperidine rings is 1. The molecule has 0 bridgehead atoms. The minimum absolute atomic E-state index is 0.226. The van der Waals surface area contributed by atoms with Gasteiger partial charge in [0.05, 0.1) is 12.8 Å². The van der Waals surface area contributed by atoms with Crippen molar-refractivity contribution in [1.82, 2.24) is 4.98 Å². The zero-order valence-corrected chi connectivity index (χ0v) is 14.9. The smallest absolute Gasteiger partial charge is 0.274 e. The molecule has 2 heterocycles. The number of aromatic nitrogens is 1. The number of para-hydroxylation sites is 2. The molecule has 1 aliphatic heterocycles. The molecule has 1 N–H and O–H groups in total. The summed E-state index contributed by atoms with van der Waals surface area (Å²) in [5.74, 6) is 0.408. The number of carbonyl (C=O) groups excluding carboxylic acids is 1. The maximum atomic E-state index is 12.6. The van der Waals surface area contributed by atoms with Gasteiger partial charge in [-0.15, -0.1) is 0 Å². The largest absolute Gasteiger partial charge is 0.495 e. The molecule has 0 saturated carbocycles. The van der Waals surface area contributed by atoms with Crippen LogP contribution >= 0.6 is 0 Å². The fourth-order valence-electron chi connectivity index (χ4n) is 3.42. The number of hydrogen-bond donors (Lipinski definition) is 1. The third kappa shape index (κ3) is 3.92. The number of methoxy groups -OCH3 is 1. The first-order valence-corrected chi connectivity index (χ1v) is 8.90. The van der Waals surface area contributed by atoms with E-state index < -0.39 is 0 Å². The molecule has 1 saturated heterocycles. The SMILES string of the molecule is CCC1CCCCN1c1ccnc(C(=O)Nc2ccccc2OC)c1. The zero-order chi connectivity index (χ0) is 17.6. The van der Waals surface area contributed by atoms with Crippen molar-refractivity contribution < 1.29 is 9.53 Å². The summed E-state index contributed by atoms with van der Waals surface area (Å²) < 4.78 is 5.29. The van der Waals surface area contributed by atoms with Crippen molar-refractivity contribution in [3.8, 4) is 5.75 Å². The lowest BCUT2D eigenvalue weighted by atomic mass is 9.99. The fourth-order valence-corrected chi connectivity index (χ4v) is 3.42. The van der Waals surface area contributed by atoms with Crippen molar-refractivity contribution in [3.63, 3.8) is 0 Å². The van der Waals surface area contributed by atoms with Crippen LogP contribution in [-0.2, 0) is 0 Å². The standard InChI is InChI=1S/C20H25N3O2/c1-3-15-8-6-7-13-23(15)16-11-12-21-18(14-16)20(24)22-17-9-4-5-10-19(17)25-2/h4-5,9-12,14-15H,3,6-8,13H2,1-2H3,(H,22,24). The van der Waals surface area contributed by atoms with Gasteiger partial charge in [0.15, 0.2) is 0 Å². The Morgan fingerprint density at radius 2 is 2.16 bits per heavy atom. The van der Waals surface area contributed by atoms with Gasteiger partial charge in [-0.2, -0.15) is 0 Å². The van der Waals surface area contributed by atoms with Crippen molar-refractivity contribution in [2.75, 3.05) is 23.9 Å². The molecule has 3 rings (SSSR count). The number of carbonyl (C=O) groups is 1. The van der Waals surface area contributed by atoms with Crippen LogP contribution in [0.15, 0.2) is 42.6 Å². The first-order chi connectivity index (χ1) is 12.2. The van der Waals surface area contributed by atoms with E-state index in [4.69, 9.17) is 4.74 Å².